The Labute approximate surface area is 129 Å². The van der Waals surface area contributed by atoms with Crippen LogP contribution >= 0.6 is 0 Å². The fourth-order valence-electron chi connectivity index (χ4n) is 2.72. The molecule has 0 saturated carbocycles. The highest BCUT2D eigenvalue weighted by atomic mass is 16.6. The van der Waals surface area contributed by atoms with E-state index in [9.17, 15) is 4.79 Å². The fraction of sp³-hybridized carbons (Fsp3) is 0.412. The number of carbonyl (C=O) groups is 1. The van der Waals surface area contributed by atoms with Crippen LogP contribution in [0.2, 0.25) is 0 Å². The second-order valence-electron chi connectivity index (χ2n) is 5.53. The van der Waals surface area contributed by atoms with Crippen LogP contribution in [0.1, 0.15) is 31.0 Å². The lowest BCUT2D eigenvalue weighted by molar-refractivity contribution is -0.147. The maximum atomic E-state index is 11.4. The Kier molecular flexibility index (Phi) is 4.13. The van der Waals surface area contributed by atoms with Crippen molar-refractivity contribution in [1.82, 2.24) is 9.78 Å². The zero-order chi connectivity index (χ0) is 15.5. The zero-order valence-corrected chi connectivity index (χ0v) is 12.9. The first kappa shape index (κ1) is 14.6. The van der Waals surface area contributed by atoms with Gasteiger partial charge in [0.25, 0.3) is 0 Å². The third-order valence-electron chi connectivity index (χ3n) is 3.92. The molecule has 0 radical (unpaired) electrons. The Bertz CT molecular complexity index is 655. The molecule has 0 N–H and O–H groups in total. The molecule has 0 fully saturated rings. The van der Waals surface area contributed by atoms with Gasteiger partial charge in [-0.3, -0.25) is 0 Å². The molecule has 0 amide bonds. The Morgan fingerprint density at radius 3 is 2.91 bits per heavy atom. The van der Waals surface area contributed by atoms with Gasteiger partial charge in [-0.05, 0) is 50.3 Å². The predicted molar refractivity (Wildman–Crippen MR) is 82.3 cm³/mol. The SMILES string of the molecule is COC(=O)[C@@H](C)Oc1cccc(-n2cc3c(n2)CCCC3)c1. The van der Waals surface area contributed by atoms with E-state index in [0.29, 0.717) is 5.75 Å². The van der Waals surface area contributed by atoms with Gasteiger partial charge in [0.15, 0.2) is 6.10 Å². The quantitative estimate of drug-likeness (QED) is 0.815. The summed E-state index contributed by atoms with van der Waals surface area (Å²) in [7, 11) is 1.35. The van der Waals surface area contributed by atoms with E-state index in [1.54, 1.807) is 6.92 Å². The number of aromatic nitrogens is 2. The average molecular weight is 300 g/mol. The number of fused-ring (bicyclic) bond motifs is 1. The summed E-state index contributed by atoms with van der Waals surface area (Å²) in [5.41, 5.74) is 3.46. The predicted octanol–water partition coefficient (Wildman–Crippen LogP) is 2.69. The van der Waals surface area contributed by atoms with Crippen molar-refractivity contribution in [2.45, 2.75) is 38.7 Å². The summed E-state index contributed by atoms with van der Waals surface area (Å²) < 4.78 is 12.2. The molecule has 116 valence electrons. The summed E-state index contributed by atoms with van der Waals surface area (Å²) in [6, 6.07) is 7.59. The number of hydrogen-bond acceptors (Lipinski definition) is 4. The first-order valence-electron chi connectivity index (χ1n) is 7.59. The van der Waals surface area contributed by atoms with Crippen LogP contribution in [0.15, 0.2) is 30.5 Å². The number of ether oxygens (including phenoxy) is 2. The lowest BCUT2D eigenvalue weighted by Crippen LogP contribution is -2.24. The van der Waals surface area contributed by atoms with Crippen molar-refractivity contribution < 1.29 is 14.3 Å². The summed E-state index contributed by atoms with van der Waals surface area (Å²) in [4.78, 5) is 11.4. The van der Waals surface area contributed by atoms with E-state index in [1.807, 2.05) is 28.9 Å². The van der Waals surface area contributed by atoms with Crippen molar-refractivity contribution in [3.8, 4) is 11.4 Å². The first-order chi connectivity index (χ1) is 10.7. The Balaban J connectivity index is 1.81. The van der Waals surface area contributed by atoms with Gasteiger partial charge in [0, 0.05) is 12.3 Å². The molecule has 3 rings (SSSR count). The lowest BCUT2D eigenvalue weighted by Gasteiger charge is -2.13. The topological polar surface area (TPSA) is 53.4 Å². The summed E-state index contributed by atoms with van der Waals surface area (Å²) in [6.45, 7) is 1.67. The molecule has 22 heavy (non-hydrogen) atoms. The highest BCUT2D eigenvalue weighted by Crippen LogP contribution is 2.23. The molecule has 0 spiro atoms. The summed E-state index contributed by atoms with van der Waals surface area (Å²) in [6.07, 6.45) is 6.06. The highest BCUT2D eigenvalue weighted by molar-refractivity contribution is 5.74. The van der Waals surface area contributed by atoms with Crippen molar-refractivity contribution in [2.24, 2.45) is 0 Å². The van der Waals surface area contributed by atoms with E-state index in [-0.39, 0.29) is 5.97 Å². The van der Waals surface area contributed by atoms with Gasteiger partial charge in [-0.1, -0.05) is 6.07 Å². The standard InChI is InChI=1S/C17H20N2O3/c1-12(17(20)21-2)22-15-8-5-7-14(10-15)19-11-13-6-3-4-9-16(13)18-19/h5,7-8,10-12H,3-4,6,9H2,1-2H3/t12-/m1/s1. The van der Waals surface area contributed by atoms with Crippen molar-refractivity contribution in [2.75, 3.05) is 7.11 Å². The van der Waals surface area contributed by atoms with E-state index in [0.717, 1.165) is 18.5 Å². The molecule has 5 nitrogen and oxygen atoms in total. The van der Waals surface area contributed by atoms with E-state index < -0.39 is 6.10 Å². The van der Waals surface area contributed by atoms with E-state index in [2.05, 4.69) is 16.0 Å². The van der Waals surface area contributed by atoms with Gasteiger partial charge in [0.2, 0.25) is 0 Å². The largest absolute Gasteiger partial charge is 0.479 e. The molecular weight excluding hydrogens is 280 g/mol. The van der Waals surface area contributed by atoms with Crippen molar-refractivity contribution in [1.29, 1.82) is 0 Å². The van der Waals surface area contributed by atoms with Crippen molar-refractivity contribution >= 4 is 5.97 Å². The van der Waals surface area contributed by atoms with Gasteiger partial charge in [0.05, 0.1) is 18.5 Å². The van der Waals surface area contributed by atoms with Gasteiger partial charge in [-0.15, -0.1) is 0 Å². The number of esters is 1. The average Bonchev–Trinajstić information content (AvgIpc) is 2.98. The van der Waals surface area contributed by atoms with Gasteiger partial charge < -0.3 is 9.47 Å². The lowest BCUT2D eigenvalue weighted by atomic mass is 9.99. The first-order valence-corrected chi connectivity index (χ1v) is 7.59. The summed E-state index contributed by atoms with van der Waals surface area (Å²) in [5, 5.41) is 4.66. The van der Waals surface area contributed by atoms with E-state index >= 15 is 0 Å². The summed E-state index contributed by atoms with van der Waals surface area (Å²) in [5.74, 6) is 0.240. The van der Waals surface area contributed by atoms with Crippen molar-refractivity contribution in [3.63, 3.8) is 0 Å². The van der Waals surface area contributed by atoms with Crippen LogP contribution in [0.3, 0.4) is 0 Å². The number of hydrogen-bond donors (Lipinski definition) is 0. The second kappa shape index (κ2) is 6.22. The van der Waals surface area contributed by atoms with Gasteiger partial charge in [0.1, 0.15) is 5.75 Å². The molecule has 1 heterocycles. The fourth-order valence-corrected chi connectivity index (χ4v) is 2.72. The van der Waals surface area contributed by atoms with Crippen LogP contribution in [0, 0.1) is 0 Å². The molecule has 0 saturated heterocycles. The molecule has 1 aromatic carbocycles. The van der Waals surface area contributed by atoms with E-state index in [4.69, 9.17) is 4.74 Å². The number of rotatable bonds is 4. The minimum absolute atomic E-state index is 0.389. The van der Waals surface area contributed by atoms with Crippen LogP contribution in [-0.2, 0) is 22.4 Å². The highest BCUT2D eigenvalue weighted by Gasteiger charge is 2.16. The minimum atomic E-state index is -0.633. The second-order valence-corrected chi connectivity index (χ2v) is 5.53. The Morgan fingerprint density at radius 2 is 2.14 bits per heavy atom. The monoisotopic (exact) mass is 300 g/mol. The molecule has 1 aromatic heterocycles. The van der Waals surface area contributed by atoms with Gasteiger partial charge in [-0.2, -0.15) is 5.10 Å². The van der Waals surface area contributed by atoms with Crippen LogP contribution in [0.4, 0.5) is 0 Å². The number of carbonyl (C=O) groups excluding carboxylic acids is 1. The van der Waals surface area contributed by atoms with Crippen LogP contribution in [0.5, 0.6) is 5.75 Å². The molecule has 0 aliphatic heterocycles. The zero-order valence-electron chi connectivity index (χ0n) is 12.9. The minimum Gasteiger partial charge on any atom is -0.479 e. The maximum absolute atomic E-state index is 11.4. The molecule has 5 heteroatoms. The smallest absolute Gasteiger partial charge is 0.346 e. The molecule has 1 aliphatic rings. The van der Waals surface area contributed by atoms with Crippen LogP contribution in [-0.4, -0.2) is 29.0 Å². The maximum Gasteiger partial charge on any atom is 0.346 e. The Hall–Kier alpha value is -2.30. The van der Waals surface area contributed by atoms with Crippen LogP contribution < -0.4 is 4.74 Å². The summed E-state index contributed by atoms with van der Waals surface area (Å²) >= 11 is 0. The molecule has 0 unspecified atom stereocenters. The van der Waals surface area contributed by atoms with Crippen LogP contribution in [0.25, 0.3) is 5.69 Å². The van der Waals surface area contributed by atoms with Gasteiger partial charge >= 0.3 is 5.97 Å². The third kappa shape index (κ3) is 2.98. The normalized spacial score (nSPS) is 15.0. The number of nitrogens with zero attached hydrogens (tertiary/aromatic N) is 2. The van der Waals surface area contributed by atoms with Gasteiger partial charge in [-0.25, -0.2) is 9.48 Å². The molecule has 1 atom stereocenters. The number of benzene rings is 1. The Morgan fingerprint density at radius 1 is 1.32 bits per heavy atom. The molecular formula is C17H20N2O3. The van der Waals surface area contributed by atoms with E-state index in [1.165, 1.54) is 31.2 Å². The number of aryl methyl sites for hydroxylation is 2. The molecule has 1 aliphatic carbocycles. The molecule has 2 aromatic rings. The third-order valence-corrected chi connectivity index (χ3v) is 3.92. The number of methoxy groups -OCH3 is 1. The molecule has 0 bridgehead atoms. The van der Waals surface area contributed by atoms with Crippen molar-refractivity contribution in [3.05, 3.63) is 41.7 Å².